The highest BCUT2D eigenvalue weighted by molar-refractivity contribution is 7.15. The minimum atomic E-state index is 0.227. The molecule has 21 heavy (non-hydrogen) atoms. The minimum Gasteiger partial charge on any atom is -0.336 e. The van der Waals surface area contributed by atoms with E-state index in [1.165, 1.54) is 11.3 Å². The summed E-state index contributed by atoms with van der Waals surface area (Å²) in [6.07, 6.45) is 2.22. The van der Waals surface area contributed by atoms with Crippen molar-refractivity contribution in [2.24, 2.45) is 0 Å². The van der Waals surface area contributed by atoms with Crippen LogP contribution in [0.1, 0.15) is 18.4 Å². The molecule has 0 saturated carbocycles. The summed E-state index contributed by atoms with van der Waals surface area (Å²) in [6.45, 7) is 4.99. The molecule has 2 aliphatic heterocycles. The number of amides is 1. The smallest absolute Gasteiger partial charge is 0.236 e. The molecule has 0 spiro atoms. The van der Waals surface area contributed by atoms with Crippen molar-refractivity contribution < 1.29 is 4.79 Å². The van der Waals surface area contributed by atoms with Gasteiger partial charge in [-0.2, -0.15) is 0 Å². The summed E-state index contributed by atoms with van der Waals surface area (Å²) in [5.74, 6) is 0.227. The van der Waals surface area contributed by atoms with E-state index in [4.69, 9.17) is 23.2 Å². The number of piperazine rings is 1. The lowest BCUT2D eigenvalue weighted by atomic mass is 10.0. The van der Waals surface area contributed by atoms with Crippen molar-refractivity contribution in [2.75, 3.05) is 32.7 Å². The van der Waals surface area contributed by atoms with E-state index in [1.807, 2.05) is 10.3 Å². The number of nitrogens with one attached hydrogen (secondary N) is 1. The number of piperidine rings is 1. The second-order valence-electron chi connectivity index (χ2n) is 5.64. The van der Waals surface area contributed by atoms with Gasteiger partial charge in [0.05, 0.1) is 11.6 Å². The van der Waals surface area contributed by atoms with Gasteiger partial charge in [0.15, 0.2) is 0 Å². The van der Waals surface area contributed by atoms with Crippen molar-refractivity contribution in [3.63, 3.8) is 0 Å². The second kappa shape index (κ2) is 6.84. The van der Waals surface area contributed by atoms with E-state index in [0.29, 0.717) is 21.9 Å². The fourth-order valence-electron chi connectivity index (χ4n) is 3.14. The fraction of sp³-hybridized carbons (Fsp3) is 0.643. The van der Waals surface area contributed by atoms with Crippen LogP contribution in [0.3, 0.4) is 0 Å². The van der Waals surface area contributed by atoms with E-state index in [1.54, 1.807) is 0 Å². The van der Waals surface area contributed by atoms with Crippen LogP contribution >= 0.6 is 34.5 Å². The van der Waals surface area contributed by atoms with Gasteiger partial charge in [-0.05, 0) is 30.3 Å². The highest BCUT2D eigenvalue weighted by Gasteiger charge is 2.30. The van der Waals surface area contributed by atoms with Gasteiger partial charge >= 0.3 is 0 Å². The van der Waals surface area contributed by atoms with Crippen LogP contribution in [-0.4, -0.2) is 54.5 Å². The monoisotopic (exact) mass is 347 g/mol. The Morgan fingerprint density at radius 2 is 2.24 bits per heavy atom. The van der Waals surface area contributed by atoms with Gasteiger partial charge < -0.3 is 10.2 Å². The molecule has 2 fully saturated rings. The molecule has 7 heteroatoms. The van der Waals surface area contributed by atoms with Crippen molar-refractivity contribution in [3.8, 4) is 0 Å². The van der Waals surface area contributed by atoms with Crippen LogP contribution in [0, 0.1) is 0 Å². The molecule has 3 rings (SSSR count). The maximum Gasteiger partial charge on any atom is 0.236 e. The third kappa shape index (κ3) is 3.54. The summed E-state index contributed by atoms with van der Waals surface area (Å²) >= 11 is 13.7. The van der Waals surface area contributed by atoms with Crippen LogP contribution in [0.4, 0.5) is 0 Å². The molecule has 2 saturated heterocycles. The van der Waals surface area contributed by atoms with Crippen molar-refractivity contribution in [3.05, 3.63) is 20.3 Å². The molecule has 0 aromatic carbocycles. The summed E-state index contributed by atoms with van der Waals surface area (Å²) in [7, 11) is 0. The maximum atomic E-state index is 12.0. The molecular weight excluding hydrogens is 329 g/mol. The first-order valence-corrected chi connectivity index (χ1v) is 8.92. The zero-order valence-corrected chi connectivity index (χ0v) is 14.1. The highest BCUT2D eigenvalue weighted by Crippen LogP contribution is 2.33. The Balaban J connectivity index is 1.63. The van der Waals surface area contributed by atoms with Crippen molar-refractivity contribution in [1.82, 2.24) is 15.1 Å². The standard InChI is InChI=1S/C14H19Cl2N3OS/c15-13-10(9-21-14(13)16)7-18-4-1-2-11(8-18)19-5-3-17-6-12(19)20/h9,11,17H,1-8H2. The van der Waals surface area contributed by atoms with Crippen LogP contribution in [-0.2, 0) is 11.3 Å². The summed E-state index contributed by atoms with van der Waals surface area (Å²) in [4.78, 5) is 16.5. The molecule has 1 aromatic rings. The van der Waals surface area contributed by atoms with Crippen LogP contribution in [0.5, 0.6) is 0 Å². The van der Waals surface area contributed by atoms with Gasteiger partial charge in [-0.15, -0.1) is 11.3 Å². The molecule has 3 heterocycles. The van der Waals surface area contributed by atoms with Gasteiger partial charge in [-0.25, -0.2) is 0 Å². The normalized spacial score (nSPS) is 24.6. The van der Waals surface area contributed by atoms with Gasteiger partial charge in [0.1, 0.15) is 4.34 Å². The van der Waals surface area contributed by atoms with E-state index in [0.717, 1.165) is 51.1 Å². The lowest BCUT2D eigenvalue weighted by Crippen LogP contribution is -2.56. The van der Waals surface area contributed by atoms with Crippen LogP contribution < -0.4 is 5.32 Å². The number of halogens is 2. The maximum absolute atomic E-state index is 12.0. The number of carbonyl (C=O) groups excluding carboxylic acids is 1. The van der Waals surface area contributed by atoms with Crippen LogP contribution in [0.2, 0.25) is 9.36 Å². The number of thiophene rings is 1. The molecule has 1 atom stereocenters. The molecule has 2 aliphatic rings. The van der Waals surface area contributed by atoms with Crippen molar-refractivity contribution in [1.29, 1.82) is 0 Å². The van der Waals surface area contributed by atoms with Gasteiger partial charge in [-0.1, -0.05) is 23.2 Å². The number of nitrogens with zero attached hydrogens (tertiary/aromatic N) is 2. The Morgan fingerprint density at radius 3 is 2.95 bits per heavy atom. The van der Waals surface area contributed by atoms with E-state index in [-0.39, 0.29) is 5.91 Å². The molecule has 0 radical (unpaired) electrons. The molecular formula is C14H19Cl2N3OS. The summed E-state index contributed by atoms with van der Waals surface area (Å²) in [5, 5.41) is 5.84. The Kier molecular flexibility index (Phi) is 5.07. The molecule has 0 aliphatic carbocycles. The Labute approximate surface area is 139 Å². The van der Waals surface area contributed by atoms with Crippen LogP contribution in [0.15, 0.2) is 5.38 Å². The number of likely N-dealkylation sites (tertiary alicyclic amines) is 1. The average molecular weight is 348 g/mol. The Hall–Kier alpha value is -0.330. The lowest BCUT2D eigenvalue weighted by molar-refractivity contribution is -0.135. The van der Waals surface area contributed by atoms with Crippen LogP contribution in [0.25, 0.3) is 0 Å². The first-order valence-electron chi connectivity index (χ1n) is 7.29. The average Bonchev–Trinajstić information content (AvgIpc) is 2.80. The third-order valence-electron chi connectivity index (χ3n) is 4.20. The molecule has 1 unspecified atom stereocenters. The Bertz CT molecular complexity index is 522. The summed E-state index contributed by atoms with van der Waals surface area (Å²) < 4.78 is 0.664. The molecule has 1 N–H and O–H groups in total. The van der Waals surface area contributed by atoms with E-state index < -0.39 is 0 Å². The SMILES string of the molecule is O=C1CNCCN1C1CCCN(Cc2csc(Cl)c2Cl)C1. The lowest BCUT2D eigenvalue weighted by Gasteiger charge is -2.41. The number of carbonyl (C=O) groups is 1. The fourth-order valence-corrected chi connectivity index (χ4v) is 4.38. The highest BCUT2D eigenvalue weighted by atomic mass is 35.5. The number of hydrogen-bond acceptors (Lipinski definition) is 4. The first kappa shape index (κ1) is 15.6. The minimum absolute atomic E-state index is 0.227. The largest absolute Gasteiger partial charge is 0.336 e. The van der Waals surface area contributed by atoms with Crippen molar-refractivity contribution >= 4 is 40.4 Å². The number of hydrogen-bond donors (Lipinski definition) is 1. The zero-order valence-electron chi connectivity index (χ0n) is 11.8. The third-order valence-corrected chi connectivity index (χ3v) is 6.11. The summed E-state index contributed by atoms with van der Waals surface area (Å²) in [5.41, 5.74) is 1.10. The molecule has 0 bridgehead atoms. The molecule has 1 aromatic heterocycles. The van der Waals surface area contributed by atoms with Gasteiger partial charge in [0.25, 0.3) is 0 Å². The number of rotatable bonds is 3. The topological polar surface area (TPSA) is 35.6 Å². The van der Waals surface area contributed by atoms with Crippen molar-refractivity contribution in [2.45, 2.75) is 25.4 Å². The zero-order chi connectivity index (χ0) is 14.8. The predicted octanol–water partition coefficient (Wildman–Crippen LogP) is 2.45. The molecule has 4 nitrogen and oxygen atoms in total. The Morgan fingerprint density at radius 1 is 1.38 bits per heavy atom. The first-order chi connectivity index (χ1) is 10.1. The van der Waals surface area contributed by atoms with E-state index >= 15 is 0 Å². The predicted molar refractivity (Wildman–Crippen MR) is 87.2 cm³/mol. The van der Waals surface area contributed by atoms with E-state index in [2.05, 4.69) is 10.2 Å². The molecule has 1 amide bonds. The van der Waals surface area contributed by atoms with Gasteiger partial charge in [0.2, 0.25) is 5.91 Å². The quantitative estimate of drug-likeness (QED) is 0.912. The van der Waals surface area contributed by atoms with Gasteiger partial charge in [0, 0.05) is 32.2 Å². The van der Waals surface area contributed by atoms with E-state index in [9.17, 15) is 4.79 Å². The summed E-state index contributed by atoms with van der Waals surface area (Å²) in [6, 6.07) is 0.334. The van der Waals surface area contributed by atoms with Gasteiger partial charge in [-0.3, -0.25) is 9.69 Å². The molecule has 116 valence electrons. The second-order valence-corrected chi connectivity index (χ2v) is 7.50.